The Labute approximate surface area is 327 Å². The van der Waals surface area contributed by atoms with Crippen LogP contribution in [-0.4, -0.2) is 9.97 Å². The molecular weight excluding hydrogens is 677 g/mol. The summed E-state index contributed by atoms with van der Waals surface area (Å²) in [6.45, 7) is 0. The van der Waals surface area contributed by atoms with Gasteiger partial charge in [-0.05, 0) is 91.3 Å². The molecule has 0 aliphatic heterocycles. The first kappa shape index (κ1) is 33.2. The Morgan fingerprint density at radius 1 is 0.179 bits per heavy atom. The maximum atomic E-state index is 5.27. The van der Waals surface area contributed by atoms with Crippen molar-refractivity contribution in [1.29, 1.82) is 0 Å². The van der Waals surface area contributed by atoms with E-state index in [1.165, 1.54) is 32.7 Å². The first-order valence-corrected chi connectivity index (χ1v) is 19.0. The van der Waals surface area contributed by atoms with Crippen LogP contribution in [0.15, 0.2) is 218 Å². The van der Waals surface area contributed by atoms with Crippen LogP contribution in [0.25, 0.3) is 100.0 Å². The van der Waals surface area contributed by atoms with Gasteiger partial charge in [0.05, 0.1) is 22.8 Å². The third-order valence-electron chi connectivity index (χ3n) is 10.7. The molecule has 0 fully saturated rings. The molecule has 0 atom stereocenters. The van der Waals surface area contributed by atoms with Crippen LogP contribution in [0.5, 0.6) is 0 Å². The smallest absolute Gasteiger partial charge is 0.0715 e. The van der Waals surface area contributed by atoms with Gasteiger partial charge in [-0.1, -0.05) is 182 Å². The second kappa shape index (κ2) is 14.4. The molecule has 0 aliphatic carbocycles. The Kier molecular flexibility index (Phi) is 8.55. The van der Waals surface area contributed by atoms with E-state index in [0.29, 0.717) is 0 Å². The first-order valence-electron chi connectivity index (χ1n) is 19.0. The van der Waals surface area contributed by atoms with Crippen molar-refractivity contribution < 1.29 is 0 Å². The average Bonchev–Trinajstić information content (AvgIpc) is 3.29. The molecular formula is C54H36N2. The van der Waals surface area contributed by atoms with Crippen LogP contribution < -0.4 is 0 Å². The quantitative estimate of drug-likeness (QED) is 0.164. The highest BCUT2D eigenvalue weighted by molar-refractivity contribution is 5.90. The fourth-order valence-electron chi connectivity index (χ4n) is 7.61. The van der Waals surface area contributed by atoms with E-state index in [2.05, 4.69) is 212 Å². The lowest BCUT2D eigenvalue weighted by atomic mass is 9.96. The molecule has 0 bridgehead atoms. The van der Waals surface area contributed by atoms with Gasteiger partial charge in [-0.3, -0.25) is 0 Å². The van der Waals surface area contributed by atoms with E-state index in [1.807, 2.05) is 6.07 Å². The predicted molar refractivity (Wildman–Crippen MR) is 235 cm³/mol. The number of benzene rings is 8. The zero-order valence-corrected chi connectivity index (χ0v) is 30.7. The van der Waals surface area contributed by atoms with Crippen molar-refractivity contribution in [2.45, 2.75) is 0 Å². The third kappa shape index (κ3) is 6.66. The molecule has 8 aromatic carbocycles. The van der Waals surface area contributed by atoms with Crippen molar-refractivity contribution in [1.82, 2.24) is 9.97 Å². The summed E-state index contributed by atoms with van der Waals surface area (Å²) in [7, 11) is 0. The molecule has 2 heteroatoms. The van der Waals surface area contributed by atoms with E-state index in [-0.39, 0.29) is 0 Å². The van der Waals surface area contributed by atoms with Gasteiger partial charge in [-0.25, -0.2) is 9.97 Å². The maximum Gasteiger partial charge on any atom is 0.0715 e. The number of nitrogens with zero attached hydrogens (tertiary/aromatic N) is 2. The van der Waals surface area contributed by atoms with E-state index in [9.17, 15) is 0 Å². The van der Waals surface area contributed by atoms with Crippen molar-refractivity contribution in [3.8, 4) is 78.4 Å². The number of fused-ring (bicyclic) bond motifs is 2. The second-order valence-electron chi connectivity index (χ2n) is 14.3. The van der Waals surface area contributed by atoms with Crippen LogP contribution >= 0.6 is 0 Å². The number of rotatable bonds is 7. The van der Waals surface area contributed by atoms with Crippen LogP contribution in [0.4, 0.5) is 0 Å². The summed E-state index contributed by atoms with van der Waals surface area (Å²) in [5.41, 5.74) is 15.1. The molecule has 0 aliphatic rings. The van der Waals surface area contributed by atoms with Crippen LogP contribution in [-0.2, 0) is 0 Å². The van der Waals surface area contributed by atoms with Gasteiger partial charge in [0, 0.05) is 22.3 Å². The fraction of sp³-hybridized carbons (Fsp3) is 0. The largest absolute Gasteiger partial charge is 0.248 e. The lowest BCUT2D eigenvalue weighted by Crippen LogP contribution is -1.92. The molecule has 0 radical (unpaired) electrons. The van der Waals surface area contributed by atoms with Gasteiger partial charge in [0.2, 0.25) is 0 Å². The molecule has 0 saturated carbocycles. The fourth-order valence-corrected chi connectivity index (χ4v) is 7.61. The summed E-state index contributed by atoms with van der Waals surface area (Å²) in [4.78, 5) is 10.4. The summed E-state index contributed by atoms with van der Waals surface area (Å²) in [5.74, 6) is 0. The minimum absolute atomic E-state index is 0.944. The van der Waals surface area contributed by atoms with E-state index in [0.717, 1.165) is 67.3 Å². The third-order valence-corrected chi connectivity index (χ3v) is 10.7. The van der Waals surface area contributed by atoms with Crippen LogP contribution in [0.3, 0.4) is 0 Å². The lowest BCUT2D eigenvalue weighted by molar-refractivity contribution is 1.32. The summed E-state index contributed by atoms with van der Waals surface area (Å²) < 4.78 is 0. The molecule has 2 heterocycles. The normalized spacial score (nSPS) is 11.2. The number of pyridine rings is 2. The number of aromatic nitrogens is 2. The van der Waals surface area contributed by atoms with Crippen molar-refractivity contribution >= 4 is 21.5 Å². The molecule has 2 aromatic heterocycles. The zero-order valence-electron chi connectivity index (χ0n) is 30.7. The van der Waals surface area contributed by atoms with Gasteiger partial charge < -0.3 is 0 Å². The standard InChI is InChI=1S/C54H36N2/c1-3-11-37(12-4-1)49-33-51(42-15-5-2-6-16-42)55-52(34-49)43-25-19-40(20-26-43)41-21-27-44(28-22-41)53-35-50(47-29-23-38-13-7-9-17-45(38)31-47)36-54(56-53)48-30-24-39-14-8-10-18-46(39)32-48/h1-36H. The van der Waals surface area contributed by atoms with Gasteiger partial charge >= 0.3 is 0 Å². The van der Waals surface area contributed by atoms with Crippen LogP contribution in [0.1, 0.15) is 0 Å². The number of hydrogen-bond acceptors (Lipinski definition) is 2. The highest BCUT2D eigenvalue weighted by Crippen LogP contribution is 2.35. The van der Waals surface area contributed by atoms with E-state index in [4.69, 9.17) is 9.97 Å². The average molecular weight is 713 g/mol. The molecule has 0 spiro atoms. The molecule has 0 unspecified atom stereocenters. The zero-order chi connectivity index (χ0) is 37.3. The predicted octanol–water partition coefficient (Wildman–Crippen LogP) is 14.5. The summed E-state index contributed by atoms with van der Waals surface area (Å²) in [6, 6.07) is 77.6. The monoisotopic (exact) mass is 712 g/mol. The van der Waals surface area contributed by atoms with Gasteiger partial charge in [0.15, 0.2) is 0 Å². The van der Waals surface area contributed by atoms with Crippen molar-refractivity contribution in [3.63, 3.8) is 0 Å². The van der Waals surface area contributed by atoms with Gasteiger partial charge in [-0.2, -0.15) is 0 Å². The van der Waals surface area contributed by atoms with Gasteiger partial charge in [0.25, 0.3) is 0 Å². The van der Waals surface area contributed by atoms with Crippen molar-refractivity contribution in [2.24, 2.45) is 0 Å². The lowest BCUT2D eigenvalue weighted by Gasteiger charge is -2.12. The Morgan fingerprint density at radius 2 is 0.482 bits per heavy atom. The van der Waals surface area contributed by atoms with Gasteiger partial charge in [-0.15, -0.1) is 0 Å². The Bertz CT molecular complexity index is 2830. The number of hydrogen-bond donors (Lipinski definition) is 0. The van der Waals surface area contributed by atoms with E-state index >= 15 is 0 Å². The molecule has 262 valence electrons. The van der Waals surface area contributed by atoms with Crippen molar-refractivity contribution in [2.75, 3.05) is 0 Å². The Morgan fingerprint density at radius 3 is 0.982 bits per heavy atom. The molecule has 2 nitrogen and oxygen atoms in total. The molecule has 0 saturated heterocycles. The van der Waals surface area contributed by atoms with E-state index < -0.39 is 0 Å². The minimum atomic E-state index is 0.944. The van der Waals surface area contributed by atoms with Crippen LogP contribution in [0, 0.1) is 0 Å². The highest BCUT2D eigenvalue weighted by atomic mass is 14.7. The summed E-state index contributed by atoms with van der Waals surface area (Å²) in [5, 5.41) is 4.89. The van der Waals surface area contributed by atoms with Gasteiger partial charge in [0.1, 0.15) is 0 Å². The van der Waals surface area contributed by atoms with Crippen molar-refractivity contribution in [3.05, 3.63) is 218 Å². The molecule has 10 rings (SSSR count). The first-order chi connectivity index (χ1) is 27.7. The highest BCUT2D eigenvalue weighted by Gasteiger charge is 2.13. The van der Waals surface area contributed by atoms with Crippen LogP contribution in [0.2, 0.25) is 0 Å². The molecule has 10 aromatic rings. The minimum Gasteiger partial charge on any atom is -0.248 e. The molecule has 56 heavy (non-hydrogen) atoms. The molecule has 0 amide bonds. The summed E-state index contributed by atoms with van der Waals surface area (Å²) in [6.07, 6.45) is 0. The Hall–Kier alpha value is -7.42. The summed E-state index contributed by atoms with van der Waals surface area (Å²) >= 11 is 0. The Balaban J connectivity index is 0.994. The topological polar surface area (TPSA) is 25.8 Å². The second-order valence-corrected chi connectivity index (χ2v) is 14.3. The SMILES string of the molecule is c1ccc(-c2cc(-c3ccccc3)nc(-c3ccc(-c4ccc(-c5cc(-c6ccc7ccccc7c6)cc(-c6ccc7ccccc7c6)n5)cc4)cc3)c2)cc1. The van der Waals surface area contributed by atoms with E-state index in [1.54, 1.807) is 0 Å². The maximum absolute atomic E-state index is 5.27. The molecule has 0 N–H and O–H groups in total.